The van der Waals surface area contributed by atoms with E-state index in [1.165, 1.54) is 25.0 Å². The second-order valence-corrected chi connectivity index (χ2v) is 7.29. The summed E-state index contributed by atoms with van der Waals surface area (Å²) in [6.45, 7) is 5.26. The summed E-state index contributed by atoms with van der Waals surface area (Å²) in [6, 6.07) is 9.91. The monoisotopic (exact) mass is 409 g/mol. The number of hydrogen-bond donors (Lipinski definition) is 1. The van der Waals surface area contributed by atoms with Crippen LogP contribution in [0.3, 0.4) is 0 Å². The number of esters is 1. The molecule has 1 aliphatic rings. The molecule has 7 nitrogen and oxygen atoms in total. The van der Waals surface area contributed by atoms with Crippen LogP contribution in [-0.4, -0.2) is 47.4 Å². The maximum absolute atomic E-state index is 12.7. The van der Waals surface area contributed by atoms with Crippen LogP contribution in [0.25, 0.3) is 0 Å². The summed E-state index contributed by atoms with van der Waals surface area (Å²) in [7, 11) is 0. The molecule has 1 aliphatic heterocycles. The minimum Gasteiger partial charge on any atom is -0.462 e. The van der Waals surface area contributed by atoms with Gasteiger partial charge in [0.05, 0.1) is 17.9 Å². The fourth-order valence-electron chi connectivity index (χ4n) is 3.46. The van der Waals surface area contributed by atoms with Crippen LogP contribution in [0.15, 0.2) is 36.4 Å². The summed E-state index contributed by atoms with van der Waals surface area (Å²) in [6.07, 6.45) is 4.43. The summed E-state index contributed by atoms with van der Waals surface area (Å²) in [5, 5.41) is 2.77. The van der Waals surface area contributed by atoms with Crippen LogP contribution in [-0.2, 0) is 4.74 Å². The number of ether oxygens (including phenoxy) is 1. The highest BCUT2D eigenvalue weighted by Crippen LogP contribution is 2.17. The number of nitrogens with zero attached hydrogens (tertiary/aromatic N) is 2. The largest absolute Gasteiger partial charge is 0.462 e. The van der Waals surface area contributed by atoms with Crippen LogP contribution in [0.2, 0.25) is 0 Å². The lowest BCUT2D eigenvalue weighted by Gasteiger charge is -2.20. The number of carbonyl (C=O) groups is 3. The number of benzene rings is 1. The molecule has 2 aromatic rings. The third-order valence-corrected chi connectivity index (χ3v) is 5.10. The van der Waals surface area contributed by atoms with Gasteiger partial charge < -0.3 is 15.0 Å². The van der Waals surface area contributed by atoms with E-state index in [1.807, 2.05) is 4.90 Å². The Morgan fingerprint density at radius 1 is 1.00 bits per heavy atom. The topological polar surface area (TPSA) is 88.6 Å². The molecular formula is C23H27N3O4. The fraction of sp³-hybridized carbons (Fsp3) is 0.391. The van der Waals surface area contributed by atoms with Crippen LogP contribution < -0.4 is 5.32 Å². The Kier molecular flexibility index (Phi) is 7.17. The standard InChI is InChI=1S/C23H27N3O4/c1-3-30-23(29)19-12-13-20(24-16(19)2)21(27)25-18-10-8-17(9-11-18)22(28)26-14-6-4-5-7-15-26/h8-13H,3-7,14-15H2,1-2H3,(H,25,27). The highest BCUT2D eigenvalue weighted by molar-refractivity contribution is 6.04. The number of likely N-dealkylation sites (tertiary alicyclic amines) is 1. The molecule has 1 saturated heterocycles. The van der Waals surface area contributed by atoms with Crippen molar-refractivity contribution in [1.82, 2.24) is 9.88 Å². The summed E-state index contributed by atoms with van der Waals surface area (Å²) in [5.74, 6) is -0.819. The quantitative estimate of drug-likeness (QED) is 0.758. The highest BCUT2D eigenvalue weighted by Gasteiger charge is 2.18. The molecule has 1 aromatic heterocycles. The molecule has 1 N–H and O–H groups in total. The molecule has 0 spiro atoms. The molecule has 1 aromatic carbocycles. The molecule has 0 saturated carbocycles. The smallest absolute Gasteiger partial charge is 0.339 e. The van der Waals surface area contributed by atoms with Crippen LogP contribution in [0.4, 0.5) is 5.69 Å². The number of carbonyl (C=O) groups excluding carboxylic acids is 3. The second-order valence-electron chi connectivity index (χ2n) is 7.29. The predicted octanol–water partition coefficient (Wildman–Crippen LogP) is 3.84. The molecule has 158 valence electrons. The lowest BCUT2D eigenvalue weighted by molar-refractivity contribution is 0.0524. The first-order valence-corrected chi connectivity index (χ1v) is 10.3. The first kappa shape index (κ1) is 21.5. The molecule has 3 rings (SSSR count). The first-order chi connectivity index (χ1) is 14.5. The maximum atomic E-state index is 12.7. The number of nitrogens with one attached hydrogen (secondary N) is 1. The van der Waals surface area contributed by atoms with Crippen molar-refractivity contribution in [3.63, 3.8) is 0 Å². The van der Waals surface area contributed by atoms with E-state index in [2.05, 4.69) is 10.3 Å². The summed E-state index contributed by atoms with van der Waals surface area (Å²) in [5.41, 5.74) is 2.15. The minimum absolute atomic E-state index is 0.0293. The summed E-state index contributed by atoms with van der Waals surface area (Å²) in [4.78, 5) is 43.2. The SMILES string of the molecule is CCOC(=O)c1ccc(C(=O)Nc2ccc(C(=O)N3CCCCCC3)cc2)nc1C. The molecule has 0 aliphatic carbocycles. The normalized spacial score (nSPS) is 14.0. The Bertz CT molecular complexity index is 917. The van der Waals surface area contributed by atoms with Crippen molar-refractivity contribution in [1.29, 1.82) is 0 Å². The van der Waals surface area contributed by atoms with Crippen molar-refractivity contribution in [2.24, 2.45) is 0 Å². The zero-order valence-corrected chi connectivity index (χ0v) is 17.4. The van der Waals surface area contributed by atoms with E-state index in [1.54, 1.807) is 38.1 Å². The van der Waals surface area contributed by atoms with Gasteiger partial charge in [-0.25, -0.2) is 9.78 Å². The van der Waals surface area contributed by atoms with Crippen molar-refractivity contribution in [2.75, 3.05) is 25.0 Å². The molecular weight excluding hydrogens is 382 g/mol. The molecule has 0 bridgehead atoms. The van der Waals surface area contributed by atoms with Gasteiger partial charge in [0.2, 0.25) is 0 Å². The van der Waals surface area contributed by atoms with E-state index >= 15 is 0 Å². The maximum Gasteiger partial charge on any atom is 0.339 e. The van der Waals surface area contributed by atoms with Crippen LogP contribution in [0, 0.1) is 6.92 Å². The molecule has 0 atom stereocenters. The molecule has 2 heterocycles. The van der Waals surface area contributed by atoms with Crippen LogP contribution in [0.5, 0.6) is 0 Å². The third kappa shape index (κ3) is 5.23. The fourth-order valence-corrected chi connectivity index (χ4v) is 3.46. The number of hydrogen-bond acceptors (Lipinski definition) is 5. The van der Waals surface area contributed by atoms with Crippen molar-refractivity contribution >= 4 is 23.5 Å². The van der Waals surface area contributed by atoms with E-state index in [4.69, 9.17) is 4.74 Å². The Labute approximate surface area is 176 Å². The summed E-state index contributed by atoms with van der Waals surface area (Å²) < 4.78 is 4.98. The average molecular weight is 409 g/mol. The van der Waals surface area contributed by atoms with Gasteiger partial charge in [0.15, 0.2) is 0 Å². The van der Waals surface area contributed by atoms with Gasteiger partial charge in [0, 0.05) is 24.3 Å². The van der Waals surface area contributed by atoms with Gasteiger partial charge in [-0.1, -0.05) is 12.8 Å². The van der Waals surface area contributed by atoms with Gasteiger partial charge >= 0.3 is 5.97 Å². The number of pyridine rings is 1. The predicted molar refractivity (Wildman–Crippen MR) is 114 cm³/mol. The van der Waals surface area contributed by atoms with E-state index < -0.39 is 5.97 Å². The van der Waals surface area contributed by atoms with Crippen LogP contribution in [0.1, 0.15) is 69.5 Å². The summed E-state index contributed by atoms with van der Waals surface area (Å²) >= 11 is 0. The molecule has 7 heteroatoms. The van der Waals surface area contributed by atoms with Gasteiger partial charge in [0.25, 0.3) is 11.8 Å². The molecule has 0 radical (unpaired) electrons. The van der Waals surface area contributed by atoms with E-state index in [9.17, 15) is 14.4 Å². The number of aromatic nitrogens is 1. The molecule has 30 heavy (non-hydrogen) atoms. The van der Waals surface area contributed by atoms with E-state index in [0.717, 1.165) is 25.9 Å². The van der Waals surface area contributed by atoms with Crippen LogP contribution >= 0.6 is 0 Å². The van der Waals surface area contributed by atoms with Gasteiger partial charge in [0.1, 0.15) is 5.69 Å². The average Bonchev–Trinajstić information content (AvgIpc) is 3.03. The van der Waals surface area contributed by atoms with Crippen molar-refractivity contribution in [3.8, 4) is 0 Å². The third-order valence-electron chi connectivity index (χ3n) is 5.10. The molecule has 2 amide bonds. The van der Waals surface area contributed by atoms with E-state index in [-0.39, 0.29) is 24.1 Å². The Morgan fingerprint density at radius 2 is 1.67 bits per heavy atom. The van der Waals surface area contributed by atoms with Gasteiger partial charge in [-0.3, -0.25) is 9.59 Å². The number of anilines is 1. The Balaban J connectivity index is 1.65. The van der Waals surface area contributed by atoms with Crippen molar-refractivity contribution in [2.45, 2.75) is 39.5 Å². The number of amides is 2. The van der Waals surface area contributed by atoms with Crippen molar-refractivity contribution in [3.05, 3.63) is 58.9 Å². The number of aryl methyl sites for hydroxylation is 1. The highest BCUT2D eigenvalue weighted by atomic mass is 16.5. The Morgan fingerprint density at radius 3 is 2.27 bits per heavy atom. The first-order valence-electron chi connectivity index (χ1n) is 10.3. The Hall–Kier alpha value is -3.22. The number of rotatable bonds is 5. The molecule has 0 unspecified atom stereocenters. The van der Waals surface area contributed by atoms with Gasteiger partial charge in [-0.05, 0) is 63.1 Å². The lowest BCUT2D eigenvalue weighted by Crippen LogP contribution is -2.31. The van der Waals surface area contributed by atoms with Gasteiger partial charge in [-0.15, -0.1) is 0 Å². The second kappa shape index (κ2) is 10.0. The zero-order valence-electron chi connectivity index (χ0n) is 17.4. The van der Waals surface area contributed by atoms with E-state index in [0.29, 0.717) is 22.5 Å². The van der Waals surface area contributed by atoms with Crippen molar-refractivity contribution < 1.29 is 19.1 Å². The lowest BCUT2D eigenvalue weighted by atomic mass is 10.1. The zero-order chi connectivity index (χ0) is 21.5. The van der Waals surface area contributed by atoms with Gasteiger partial charge in [-0.2, -0.15) is 0 Å². The minimum atomic E-state index is -0.459. The molecule has 1 fully saturated rings.